The maximum absolute atomic E-state index is 13.7. The first-order valence-electron chi connectivity index (χ1n) is 9.37. The number of amides is 1. The van der Waals surface area contributed by atoms with E-state index in [0.29, 0.717) is 17.9 Å². The Morgan fingerprint density at radius 2 is 1.90 bits per heavy atom. The highest BCUT2D eigenvalue weighted by atomic mass is 19.1. The molecule has 152 valence electrons. The summed E-state index contributed by atoms with van der Waals surface area (Å²) in [6.45, 7) is 7.76. The van der Waals surface area contributed by atoms with Crippen LogP contribution in [-0.2, 0) is 11.3 Å². The monoisotopic (exact) mass is 399 g/mol. The summed E-state index contributed by atoms with van der Waals surface area (Å²) in [5.41, 5.74) is 3.00. The first-order valence-corrected chi connectivity index (χ1v) is 9.37. The van der Waals surface area contributed by atoms with Gasteiger partial charge >= 0.3 is 0 Å². The Morgan fingerprint density at radius 1 is 1.21 bits per heavy atom. The minimum absolute atomic E-state index is 0.173. The lowest BCUT2D eigenvalue weighted by molar-refractivity contribution is -0.116. The Kier molecular flexibility index (Phi) is 6.01. The van der Waals surface area contributed by atoms with E-state index in [1.807, 2.05) is 32.9 Å². The van der Waals surface area contributed by atoms with Gasteiger partial charge in [-0.2, -0.15) is 0 Å². The van der Waals surface area contributed by atoms with Crippen molar-refractivity contribution in [3.8, 4) is 5.75 Å². The van der Waals surface area contributed by atoms with E-state index in [1.165, 1.54) is 12.1 Å². The number of carbonyl (C=O) groups is 1. The molecule has 0 unspecified atom stereocenters. The SMILES string of the molecule is CCOc1cc2oc(C)c(C)c2cc1/C(C)=C/C(=O)NCc1c(F)cccc1F. The van der Waals surface area contributed by atoms with Crippen LogP contribution in [0.15, 0.2) is 40.8 Å². The van der Waals surface area contributed by atoms with E-state index in [9.17, 15) is 13.6 Å². The van der Waals surface area contributed by atoms with Gasteiger partial charge in [-0.05, 0) is 57.0 Å². The van der Waals surface area contributed by atoms with E-state index in [-0.39, 0.29) is 12.1 Å². The third-order valence-corrected chi connectivity index (χ3v) is 4.85. The van der Waals surface area contributed by atoms with Crippen molar-refractivity contribution in [2.45, 2.75) is 34.2 Å². The van der Waals surface area contributed by atoms with Crippen LogP contribution < -0.4 is 10.1 Å². The van der Waals surface area contributed by atoms with Crippen LogP contribution in [0.4, 0.5) is 8.78 Å². The summed E-state index contributed by atoms with van der Waals surface area (Å²) >= 11 is 0. The topological polar surface area (TPSA) is 51.5 Å². The van der Waals surface area contributed by atoms with Crippen LogP contribution >= 0.6 is 0 Å². The van der Waals surface area contributed by atoms with Crippen LogP contribution in [0.2, 0.25) is 0 Å². The van der Waals surface area contributed by atoms with E-state index in [1.54, 1.807) is 6.92 Å². The molecule has 0 fully saturated rings. The number of fused-ring (bicyclic) bond motifs is 1. The molecular weight excluding hydrogens is 376 g/mol. The summed E-state index contributed by atoms with van der Waals surface area (Å²) in [6.07, 6.45) is 1.39. The molecule has 0 atom stereocenters. The molecule has 6 heteroatoms. The highest BCUT2D eigenvalue weighted by molar-refractivity contribution is 5.97. The second-order valence-electron chi connectivity index (χ2n) is 6.81. The van der Waals surface area contributed by atoms with Gasteiger partial charge in [-0.1, -0.05) is 6.07 Å². The fourth-order valence-corrected chi connectivity index (χ4v) is 3.16. The average Bonchev–Trinajstić information content (AvgIpc) is 2.94. The predicted octanol–water partition coefficient (Wildman–Crippen LogP) is 5.45. The normalized spacial score (nSPS) is 11.7. The molecule has 1 heterocycles. The number of nitrogens with one attached hydrogen (secondary N) is 1. The zero-order valence-electron chi connectivity index (χ0n) is 16.9. The molecule has 2 aromatic carbocycles. The van der Waals surface area contributed by atoms with Gasteiger partial charge in [-0.15, -0.1) is 0 Å². The smallest absolute Gasteiger partial charge is 0.244 e. The summed E-state index contributed by atoms with van der Waals surface area (Å²) < 4.78 is 38.9. The van der Waals surface area contributed by atoms with Gasteiger partial charge in [0.15, 0.2) is 0 Å². The van der Waals surface area contributed by atoms with Crippen molar-refractivity contribution < 1.29 is 22.7 Å². The molecular formula is C23H23F2NO3. The average molecular weight is 399 g/mol. The minimum atomic E-state index is -0.694. The van der Waals surface area contributed by atoms with E-state index in [4.69, 9.17) is 9.15 Å². The molecule has 0 spiro atoms. The number of halogens is 2. The van der Waals surface area contributed by atoms with E-state index >= 15 is 0 Å². The number of hydrogen-bond donors (Lipinski definition) is 1. The van der Waals surface area contributed by atoms with E-state index in [0.717, 1.165) is 40.0 Å². The largest absolute Gasteiger partial charge is 0.493 e. The molecule has 0 saturated heterocycles. The van der Waals surface area contributed by atoms with E-state index in [2.05, 4.69) is 5.32 Å². The number of allylic oxidation sites excluding steroid dienone is 1. The van der Waals surface area contributed by atoms with Crippen molar-refractivity contribution in [2.24, 2.45) is 0 Å². The summed E-state index contributed by atoms with van der Waals surface area (Å²) in [6, 6.07) is 7.35. The molecule has 0 aliphatic carbocycles. The molecule has 3 aromatic rings. The minimum Gasteiger partial charge on any atom is -0.493 e. The molecule has 1 amide bonds. The summed E-state index contributed by atoms with van der Waals surface area (Å²) in [5.74, 6) is -0.407. The van der Waals surface area contributed by atoms with Gasteiger partial charge in [-0.3, -0.25) is 4.79 Å². The summed E-state index contributed by atoms with van der Waals surface area (Å²) in [4.78, 5) is 12.3. The number of carbonyl (C=O) groups excluding carboxylic acids is 1. The van der Waals surface area contributed by atoms with Crippen LogP contribution in [0.5, 0.6) is 5.75 Å². The van der Waals surface area contributed by atoms with E-state index < -0.39 is 17.5 Å². The molecule has 1 N–H and O–H groups in total. The second kappa shape index (κ2) is 8.47. The second-order valence-corrected chi connectivity index (χ2v) is 6.81. The number of ether oxygens (including phenoxy) is 1. The Bertz CT molecular complexity index is 1080. The molecule has 0 aliphatic heterocycles. The van der Waals surface area contributed by atoms with Gasteiger partial charge in [0.1, 0.15) is 28.7 Å². The van der Waals surface area contributed by atoms with Crippen LogP contribution in [0.3, 0.4) is 0 Å². The van der Waals surface area contributed by atoms with Gasteiger partial charge in [-0.25, -0.2) is 8.78 Å². The Balaban J connectivity index is 1.87. The van der Waals surface area contributed by atoms with Gasteiger partial charge in [0, 0.05) is 35.2 Å². The van der Waals surface area contributed by atoms with Crippen molar-refractivity contribution in [3.63, 3.8) is 0 Å². The lowest BCUT2D eigenvalue weighted by atomic mass is 10.0. The van der Waals surface area contributed by atoms with Crippen molar-refractivity contribution in [2.75, 3.05) is 6.61 Å². The zero-order valence-corrected chi connectivity index (χ0v) is 16.9. The molecule has 0 radical (unpaired) electrons. The lowest BCUT2D eigenvalue weighted by Gasteiger charge is -2.11. The van der Waals surface area contributed by atoms with Gasteiger partial charge in [0.25, 0.3) is 0 Å². The first kappa shape index (κ1) is 20.6. The third kappa shape index (κ3) is 4.31. The molecule has 3 rings (SSSR count). The fraction of sp³-hybridized carbons (Fsp3) is 0.261. The maximum Gasteiger partial charge on any atom is 0.244 e. The van der Waals surface area contributed by atoms with Crippen LogP contribution in [-0.4, -0.2) is 12.5 Å². The Hall–Kier alpha value is -3.15. The standard InChI is InChI=1S/C23H23F2NO3/c1-5-28-21-11-22-17(14(3)15(4)29-22)10-16(21)13(2)9-23(27)26-12-18-19(24)7-6-8-20(18)25/h6-11H,5,12H2,1-4H3,(H,26,27)/b13-9+. The molecule has 29 heavy (non-hydrogen) atoms. The molecule has 1 aromatic heterocycles. The van der Waals surface area contributed by atoms with Crippen molar-refractivity contribution in [1.82, 2.24) is 5.32 Å². The number of aryl methyl sites for hydroxylation is 2. The zero-order chi connectivity index (χ0) is 21.1. The van der Waals surface area contributed by atoms with Gasteiger partial charge in [0.05, 0.1) is 6.61 Å². The number of rotatable bonds is 6. The fourth-order valence-electron chi connectivity index (χ4n) is 3.16. The number of benzene rings is 2. The molecule has 0 aliphatic rings. The maximum atomic E-state index is 13.7. The van der Waals surface area contributed by atoms with Gasteiger partial charge in [0.2, 0.25) is 5.91 Å². The van der Waals surface area contributed by atoms with Crippen LogP contribution in [0, 0.1) is 25.5 Å². The Morgan fingerprint density at radius 3 is 2.55 bits per heavy atom. The lowest BCUT2D eigenvalue weighted by Crippen LogP contribution is -2.22. The third-order valence-electron chi connectivity index (χ3n) is 4.85. The van der Waals surface area contributed by atoms with Crippen molar-refractivity contribution in [3.05, 3.63) is 70.5 Å². The number of furan rings is 1. The Labute approximate surface area is 168 Å². The number of hydrogen-bond acceptors (Lipinski definition) is 3. The van der Waals surface area contributed by atoms with Crippen molar-refractivity contribution in [1.29, 1.82) is 0 Å². The highest BCUT2D eigenvalue weighted by Gasteiger charge is 2.15. The van der Waals surface area contributed by atoms with Crippen LogP contribution in [0.25, 0.3) is 16.5 Å². The van der Waals surface area contributed by atoms with Crippen LogP contribution in [0.1, 0.15) is 36.3 Å². The summed E-state index contributed by atoms with van der Waals surface area (Å²) in [5, 5.41) is 3.48. The molecule has 0 saturated carbocycles. The predicted molar refractivity (Wildman–Crippen MR) is 109 cm³/mol. The first-order chi connectivity index (χ1) is 13.8. The van der Waals surface area contributed by atoms with Gasteiger partial charge < -0.3 is 14.5 Å². The molecule has 0 bridgehead atoms. The molecule has 4 nitrogen and oxygen atoms in total. The van der Waals surface area contributed by atoms with Crippen molar-refractivity contribution >= 4 is 22.4 Å². The highest BCUT2D eigenvalue weighted by Crippen LogP contribution is 2.35. The quantitative estimate of drug-likeness (QED) is 0.561. The summed E-state index contributed by atoms with van der Waals surface area (Å²) in [7, 11) is 0.